The standard InChI is InChI=1S/C15H20FN3/c1-11-15(12(2)19(4)17-11)10-18(3)9-13-6-5-7-14(16)8-13/h5-8H,9-10H2,1-4H3. The molecule has 0 radical (unpaired) electrons. The molecule has 0 N–H and O–H groups in total. The van der Waals surface area contributed by atoms with Gasteiger partial charge in [-0.15, -0.1) is 0 Å². The molecule has 0 fully saturated rings. The zero-order valence-corrected chi connectivity index (χ0v) is 11.9. The second-order valence-electron chi connectivity index (χ2n) is 5.08. The van der Waals surface area contributed by atoms with Crippen LogP contribution in [0.3, 0.4) is 0 Å². The lowest BCUT2D eigenvalue weighted by molar-refractivity contribution is 0.317. The average Bonchev–Trinajstić information content (AvgIpc) is 2.56. The molecule has 0 aliphatic heterocycles. The summed E-state index contributed by atoms with van der Waals surface area (Å²) >= 11 is 0. The molecule has 3 nitrogen and oxygen atoms in total. The number of hydrogen-bond donors (Lipinski definition) is 0. The van der Waals surface area contributed by atoms with Crippen LogP contribution in [0.15, 0.2) is 24.3 Å². The van der Waals surface area contributed by atoms with Crippen LogP contribution in [0.25, 0.3) is 0 Å². The van der Waals surface area contributed by atoms with Gasteiger partial charge in [0.15, 0.2) is 0 Å². The number of aryl methyl sites for hydroxylation is 2. The van der Waals surface area contributed by atoms with Gasteiger partial charge in [-0.05, 0) is 38.6 Å². The lowest BCUT2D eigenvalue weighted by Gasteiger charge is -2.17. The van der Waals surface area contributed by atoms with Crippen LogP contribution in [-0.4, -0.2) is 21.7 Å². The van der Waals surface area contributed by atoms with Crippen molar-refractivity contribution >= 4 is 0 Å². The number of benzene rings is 1. The molecule has 0 spiro atoms. The van der Waals surface area contributed by atoms with Crippen molar-refractivity contribution in [3.05, 3.63) is 52.6 Å². The van der Waals surface area contributed by atoms with Gasteiger partial charge in [0.05, 0.1) is 5.69 Å². The Labute approximate surface area is 113 Å². The molecule has 102 valence electrons. The Balaban J connectivity index is 2.07. The largest absolute Gasteiger partial charge is 0.298 e. The molecule has 0 saturated carbocycles. The molecule has 2 rings (SSSR count). The summed E-state index contributed by atoms with van der Waals surface area (Å²) in [4.78, 5) is 2.17. The van der Waals surface area contributed by atoms with Gasteiger partial charge in [0.25, 0.3) is 0 Å². The van der Waals surface area contributed by atoms with Gasteiger partial charge in [-0.3, -0.25) is 9.58 Å². The van der Waals surface area contributed by atoms with Gasteiger partial charge in [-0.1, -0.05) is 12.1 Å². The third-order valence-electron chi connectivity index (χ3n) is 3.43. The fourth-order valence-corrected chi connectivity index (χ4v) is 2.32. The molecule has 0 atom stereocenters. The Morgan fingerprint density at radius 2 is 2.00 bits per heavy atom. The maximum Gasteiger partial charge on any atom is 0.123 e. The predicted octanol–water partition coefficient (Wildman–Crippen LogP) is 2.81. The van der Waals surface area contributed by atoms with Crippen molar-refractivity contribution in [2.45, 2.75) is 26.9 Å². The average molecular weight is 261 g/mol. The summed E-state index contributed by atoms with van der Waals surface area (Å²) in [7, 11) is 4.00. The summed E-state index contributed by atoms with van der Waals surface area (Å²) in [6.45, 7) is 5.65. The molecule has 2 aromatic rings. The molecule has 0 unspecified atom stereocenters. The van der Waals surface area contributed by atoms with E-state index in [4.69, 9.17) is 0 Å². The van der Waals surface area contributed by atoms with E-state index in [0.717, 1.165) is 24.3 Å². The first kappa shape index (κ1) is 13.7. The summed E-state index contributed by atoms with van der Waals surface area (Å²) in [6, 6.07) is 6.75. The second-order valence-corrected chi connectivity index (χ2v) is 5.08. The first-order valence-electron chi connectivity index (χ1n) is 6.39. The van der Waals surface area contributed by atoms with Crippen molar-refractivity contribution in [1.82, 2.24) is 14.7 Å². The lowest BCUT2D eigenvalue weighted by atomic mass is 10.1. The van der Waals surface area contributed by atoms with Crippen molar-refractivity contribution in [2.75, 3.05) is 7.05 Å². The Bertz CT molecular complexity index is 575. The van der Waals surface area contributed by atoms with Crippen molar-refractivity contribution in [3.63, 3.8) is 0 Å². The van der Waals surface area contributed by atoms with E-state index in [2.05, 4.69) is 16.9 Å². The predicted molar refractivity (Wildman–Crippen MR) is 74.3 cm³/mol. The molecule has 0 amide bonds. The number of halogens is 1. The van der Waals surface area contributed by atoms with Gasteiger partial charge >= 0.3 is 0 Å². The molecule has 1 aromatic carbocycles. The van der Waals surface area contributed by atoms with Gasteiger partial charge in [0.2, 0.25) is 0 Å². The van der Waals surface area contributed by atoms with Crippen molar-refractivity contribution in [3.8, 4) is 0 Å². The highest BCUT2D eigenvalue weighted by Gasteiger charge is 2.11. The molecule has 4 heteroatoms. The van der Waals surface area contributed by atoms with Crippen LogP contribution < -0.4 is 0 Å². The van der Waals surface area contributed by atoms with E-state index in [1.807, 2.05) is 31.8 Å². The molecule has 0 aliphatic rings. The molecular formula is C15H20FN3. The molecule has 1 aromatic heterocycles. The third-order valence-corrected chi connectivity index (χ3v) is 3.43. The highest BCUT2D eigenvalue weighted by Crippen LogP contribution is 2.15. The molecule has 0 bridgehead atoms. The summed E-state index contributed by atoms with van der Waals surface area (Å²) in [5.41, 5.74) is 4.48. The summed E-state index contributed by atoms with van der Waals surface area (Å²) in [6.07, 6.45) is 0. The quantitative estimate of drug-likeness (QED) is 0.844. The van der Waals surface area contributed by atoms with Crippen LogP contribution in [0, 0.1) is 19.7 Å². The van der Waals surface area contributed by atoms with Gasteiger partial charge in [0.1, 0.15) is 5.82 Å². The zero-order valence-electron chi connectivity index (χ0n) is 11.9. The van der Waals surface area contributed by atoms with Crippen LogP contribution in [-0.2, 0) is 20.1 Å². The summed E-state index contributed by atoms with van der Waals surface area (Å²) in [5.74, 6) is -0.181. The Kier molecular flexibility index (Phi) is 4.00. The van der Waals surface area contributed by atoms with E-state index < -0.39 is 0 Å². The molecular weight excluding hydrogens is 241 g/mol. The van der Waals surface area contributed by atoms with Gasteiger partial charge in [-0.2, -0.15) is 5.10 Å². The van der Waals surface area contributed by atoms with Crippen LogP contribution in [0.1, 0.15) is 22.5 Å². The number of hydrogen-bond acceptors (Lipinski definition) is 2. The van der Waals surface area contributed by atoms with E-state index in [1.165, 1.54) is 17.3 Å². The Hall–Kier alpha value is -1.68. The van der Waals surface area contributed by atoms with E-state index >= 15 is 0 Å². The maximum absolute atomic E-state index is 13.1. The Morgan fingerprint density at radius 1 is 1.26 bits per heavy atom. The van der Waals surface area contributed by atoms with Gasteiger partial charge in [-0.25, -0.2) is 4.39 Å². The highest BCUT2D eigenvalue weighted by molar-refractivity contribution is 5.24. The number of nitrogens with zero attached hydrogens (tertiary/aromatic N) is 3. The van der Waals surface area contributed by atoms with Gasteiger partial charge < -0.3 is 0 Å². The summed E-state index contributed by atoms with van der Waals surface area (Å²) in [5, 5.41) is 4.41. The fraction of sp³-hybridized carbons (Fsp3) is 0.400. The van der Waals surface area contributed by atoms with E-state index in [1.54, 1.807) is 12.1 Å². The lowest BCUT2D eigenvalue weighted by Crippen LogP contribution is -2.18. The molecule has 1 heterocycles. The van der Waals surface area contributed by atoms with Crippen molar-refractivity contribution in [2.24, 2.45) is 7.05 Å². The number of aromatic nitrogens is 2. The topological polar surface area (TPSA) is 21.1 Å². The minimum absolute atomic E-state index is 0.181. The molecule has 0 saturated heterocycles. The first-order valence-corrected chi connectivity index (χ1v) is 6.39. The monoisotopic (exact) mass is 261 g/mol. The maximum atomic E-state index is 13.1. The van der Waals surface area contributed by atoms with E-state index in [9.17, 15) is 4.39 Å². The van der Waals surface area contributed by atoms with Crippen LogP contribution in [0.5, 0.6) is 0 Å². The minimum atomic E-state index is -0.181. The Morgan fingerprint density at radius 3 is 2.58 bits per heavy atom. The van der Waals surface area contributed by atoms with Crippen molar-refractivity contribution in [1.29, 1.82) is 0 Å². The van der Waals surface area contributed by atoms with Crippen LogP contribution >= 0.6 is 0 Å². The first-order chi connectivity index (χ1) is 8.97. The third kappa shape index (κ3) is 3.20. The molecule has 19 heavy (non-hydrogen) atoms. The van der Waals surface area contributed by atoms with E-state index in [0.29, 0.717) is 0 Å². The number of rotatable bonds is 4. The smallest absolute Gasteiger partial charge is 0.123 e. The van der Waals surface area contributed by atoms with Crippen LogP contribution in [0.4, 0.5) is 4.39 Å². The van der Waals surface area contributed by atoms with Crippen molar-refractivity contribution < 1.29 is 4.39 Å². The second kappa shape index (κ2) is 5.53. The SMILES string of the molecule is Cc1nn(C)c(C)c1CN(C)Cc1cccc(F)c1. The molecule has 0 aliphatic carbocycles. The van der Waals surface area contributed by atoms with Gasteiger partial charge in [0, 0.05) is 31.4 Å². The van der Waals surface area contributed by atoms with Crippen LogP contribution in [0.2, 0.25) is 0 Å². The minimum Gasteiger partial charge on any atom is -0.298 e. The highest BCUT2D eigenvalue weighted by atomic mass is 19.1. The normalized spacial score (nSPS) is 11.3. The summed E-state index contributed by atoms with van der Waals surface area (Å²) < 4.78 is 15.0. The zero-order chi connectivity index (χ0) is 14.0. The van der Waals surface area contributed by atoms with E-state index in [-0.39, 0.29) is 5.82 Å². The fourth-order valence-electron chi connectivity index (χ4n) is 2.32.